The maximum absolute atomic E-state index is 6.09. The highest BCUT2D eigenvalue weighted by Gasteiger charge is 2.21. The summed E-state index contributed by atoms with van der Waals surface area (Å²) in [4.78, 5) is 0. The van der Waals surface area contributed by atoms with Crippen molar-refractivity contribution in [2.45, 2.75) is 45.5 Å². The molecule has 86 valence electrons. The summed E-state index contributed by atoms with van der Waals surface area (Å²) in [6.45, 7) is 16.2. The molecule has 0 saturated heterocycles. The van der Waals surface area contributed by atoms with Crippen LogP contribution in [0.4, 0.5) is 0 Å². The van der Waals surface area contributed by atoms with Gasteiger partial charge in [0.25, 0.3) is 0 Å². The molecule has 0 aromatic heterocycles. The van der Waals surface area contributed by atoms with Gasteiger partial charge in [-0.15, -0.1) is 12.3 Å². The third-order valence-electron chi connectivity index (χ3n) is 1.99. The number of hydrogen-bond acceptors (Lipinski definition) is 1. The van der Waals surface area contributed by atoms with Gasteiger partial charge in [0, 0.05) is 6.10 Å². The molecule has 15 heavy (non-hydrogen) atoms. The minimum Gasteiger partial charge on any atom is -0.414 e. The maximum atomic E-state index is 6.09. The summed E-state index contributed by atoms with van der Waals surface area (Å²) < 4.78 is 6.09. The third-order valence-corrected chi connectivity index (χ3v) is 3.03. The average molecular weight is 224 g/mol. The van der Waals surface area contributed by atoms with E-state index in [9.17, 15) is 0 Å². The SMILES string of the molecule is C=C=CC(C)CC(CC=C)O[Si](C)(C)C. The monoisotopic (exact) mass is 224 g/mol. The highest BCUT2D eigenvalue weighted by Crippen LogP contribution is 2.18. The van der Waals surface area contributed by atoms with E-state index in [4.69, 9.17) is 4.43 Å². The molecule has 0 N–H and O–H groups in total. The van der Waals surface area contributed by atoms with E-state index >= 15 is 0 Å². The molecule has 0 fully saturated rings. The molecule has 2 unspecified atom stereocenters. The summed E-state index contributed by atoms with van der Waals surface area (Å²) in [5, 5.41) is 0. The van der Waals surface area contributed by atoms with E-state index in [0.29, 0.717) is 12.0 Å². The Morgan fingerprint density at radius 1 is 1.40 bits per heavy atom. The molecular weight excluding hydrogens is 200 g/mol. The van der Waals surface area contributed by atoms with Gasteiger partial charge in [0.15, 0.2) is 8.32 Å². The lowest BCUT2D eigenvalue weighted by Gasteiger charge is -2.26. The van der Waals surface area contributed by atoms with Crippen molar-refractivity contribution in [2.24, 2.45) is 5.92 Å². The molecule has 1 nitrogen and oxygen atoms in total. The van der Waals surface area contributed by atoms with Gasteiger partial charge in [-0.2, -0.15) is 0 Å². The summed E-state index contributed by atoms with van der Waals surface area (Å²) >= 11 is 0. The van der Waals surface area contributed by atoms with Gasteiger partial charge < -0.3 is 4.43 Å². The molecule has 0 aromatic rings. The molecule has 0 saturated carbocycles. The number of hydrogen-bond donors (Lipinski definition) is 0. The summed E-state index contributed by atoms with van der Waals surface area (Å²) in [6, 6.07) is 0. The van der Waals surface area contributed by atoms with Crippen LogP contribution in [0.25, 0.3) is 0 Å². The lowest BCUT2D eigenvalue weighted by atomic mass is 10.0. The Morgan fingerprint density at radius 3 is 2.40 bits per heavy atom. The van der Waals surface area contributed by atoms with Gasteiger partial charge in [0.1, 0.15) is 0 Å². The van der Waals surface area contributed by atoms with E-state index in [2.05, 4.69) is 45.5 Å². The highest BCUT2D eigenvalue weighted by molar-refractivity contribution is 6.69. The van der Waals surface area contributed by atoms with Crippen molar-refractivity contribution in [3.05, 3.63) is 31.0 Å². The first-order chi connectivity index (χ1) is 6.89. The topological polar surface area (TPSA) is 9.23 Å². The van der Waals surface area contributed by atoms with E-state index in [1.54, 1.807) is 0 Å². The van der Waals surface area contributed by atoms with Crippen LogP contribution in [-0.2, 0) is 4.43 Å². The number of rotatable bonds is 7. The Bertz CT molecular complexity index is 233. The van der Waals surface area contributed by atoms with Gasteiger partial charge in [0.2, 0.25) is 0 Å². The van der Waals surface area contributed by atoms with Crippen molar-refractivity contribution >= 4 is 8.32 Å². The predicted octanol–water partition coefficient (Wildman–Crippen LogP) is 4.15. The molecule has 0 heterocycles. The fourth-order valence-electron chi connectivity index (χ4n) is 1.56. The van der Waals surface area contributed by atoms with E-state index < -0.39 is 8.32 Å². The second-order valence-electron chi connectivity index (χ2n) is 4.96. The predicted molar refractivity (Wildman–Crippen MR) is 70.5 cm³/mol. The molecule has 2 atom stereocenters. The van der Waals surface area contributed by atoms with Gasteiger partial charge >= 0.3 is 0 Å². The molecule has 0 aliphatic heterocycles. The first kappa shape index (κ1) is 14.4. The van der Waals surface area contributed by atoms with Crippen LogP contribution in [0.5, 0.6) is 0 Å². The fraction of sp³-hybridized carbons (Fsp3) is 0.615. The van der Waals surface area contributed by atoms with Crippen molar-refractivity contribution in [3.63, 3.8) is 0 Å². The normalized spacial score (nSPS) is 15.2. The standard InChI is InChI=1S/C13H24OSi/c1-7-9-12(3)11-13(10-8-2)14-15(4,5)6/h8-9,12-13H,1-2,10-11H2,3-6H3. The molecule has 2 heteroatoms. The van der Waals surface area contributed by atoms with Crippen LogP contribution >= 0.6 is 0 Å². The zero-order chi connectivity index (χ0) is 11.9. The van der Waals surface area contributed by atoms with Gasteiger partial charge in [-0.1, -0.05) is 19.6 Å². The van der Waals surface area contributed by atoms with Crippen molar-refractivity contribution in [1.82, 2.24) is 0 Å². The minimum absolute atomic E-state index is 0.300. The first-order valence-electron chi connectivity index (χ1n) is 5.53. The molecule has 0 radical (unpaired) electrons. The minimum atomic E-state index is -1.45. The summed E-state index contributed by atoms with van der Waals surface area (Å²) in [5.41, 5.74) is 2.83. The Labute approximate surface area is 95.7 Å². The fourth-order valence-corrected chi connectivity index (χ4v) is 2.75. The van der Waals surface area contributed by atoms with E-state index in [0.717, 1.165) is 12.8 Å². The van der Waals surface area contributed by atoms with Crippen LogP contribution in [0.15, 0.2) is 31.0 Å². The van der Waals surface area contributed by atoms with Crippen LogP contribution in [0.1, 0.15) is 19.8 Å². The highest BCUT2D eigenvalue weighted by atomic mass is 28.4. The lowest BCUT2D eigenvalue weighted by molar-refractivity contribution is 0.175. The largest absolute Gasteiger partial charge is 0.414 e. The van der Waals surface area contributed by atoms with Crippen molar-refractivity contribution < 1.29 is 4.43 Å². The summed E-state index contributed by atoms with van der Waals surface area (Å²) in [6.07, 6.45) is 6.20. The van der Waals surface area contributed by atoms with Crippen LogP contribution in [0.2, 0.25) is 19.6 Å². The van der Waals surface area contributed by atoms with E-state index in [1.807, 2.05) is 12.2 Å². The van der Waals surface area contributed by atoms with E-state index in [-0.39, 0.29) is 0 Å². The summed E-state index contributed by atoms with van der Waals surface area (Å²) in [7, 11) is -1.45. The van der Waals surface area contributed by atoms with Crippen LogP contribution in [-0.4, -0.2) is 14.4 Å². The zero-order valence-corrected chi connectivity index (χ0v) is 11.5. The lowest BCUT2D eigenvalue weighted by Crippen LogP contribution is -2.32. The Hall–Kier alpha value is -0.563. The van der Waals surface area contributed by atoms with Crippen LogP contribution in [0, 0.1) is 5.92 Å². The van der Waals surface area contributed by atoms with Crippen molar-refractivity contribution in [2.75, 3.05) is 0 Å². The second-order valence-corrected chi connectivity index (χ2v) is 9.42. The summed E-state index contributed by atoms with van der Waals surface area (Å²) in [5.74, 6) is 0.476. The molecule has 0 aliphatic carbocycles. The number of allylic oxidation sites excluding steroid dienone is 1. The molecule has 0 aliphatic rings. The second kappa shape index (κ2) is 6.84. The van der Waals surface area contributed by atoms with E-state index in [1.165, 1.54) is 0 Å². The first-order valence-corrected chi connectivity index (χ1v) is 8.94. The van der Waals surface area contributed by atoms with Crippen LogP contribution in [0.3, 0.4) is 0 Å². The van der Waals surface area contributed by atoms with Crippen molar-refractivity contribution in [1.29, 1.82) is 0 Å². The third kappa shape index (κ3) is 8.43. The van der Waals surface area contributed by atoms with Crippen LogP contribution < -0.4 is 0 Å². The van der Waals surface area contributed by atoms with Gasteiger partial charge in [-0.3, -0.25) is 0 Å². The van der Waals surface area contributed by atoms with Gasteiger partial charge in [-0.25, -0.2) is 0 Å². The Balaban J connectivity index is 4.26. The molecule has 0 spiro atoms. The zero-order valence-electron chi connectivity index (χ0n) is 10.5. The average Bonchev–Trinajstić information content (AvgIpc) is 2.01. The Morgan fingerprint density at radius 2 is 2.00 bits per heavy atom. The molecule has 0 bridgehead atoms. The Kier molecular flexibility index (Phi) is 6.58. The van der Waals surface area contributed by atoms with Gasteiger partial charge in [0.05, 0.1) is 0 Å². The van der Waals surface area contributed by atoms with Crippen molar-refractivity contribution in [3.8, 4) is 0 Å². The molecule has 0 aromatic carbocycles. The molecule has 0 rings (SSSR count). The maximum Gasteiger partial charge on any atom is 0.184 e. The molecular formula is C13H24OSi. The molecule has 0 amide bonds. The smallest absolute Gasteiger partial charge is 0.184 e. The van der Waals surface area contributed by atoms with Gasteiger partial charge in [-0.05, 0) is 44.5 Å². The quantitative estimate of drug-likeness (QED) is 0.358.